The van der Waals surface area contributed by atoms with Crippen molar-refractivity contribution in [1.29, 1.82) is 0 Å². The molecule has 0 saturated heterocycles. The number of nitrogens with zero attached hydrogens (tertiary/aromatic N) is 2. The third kappa shape index (κ3) is 3.90. The number of amides is 2. The molecule has 0 fully saturated rings. The number of anilines is 2. The third-order valence-electron chi connectivity index (χ3n) is 6.43. The minimum absolute atomic E-state index is 0.348. The van der Waals surface area contributed by atoms with Gasteiger partial charge in [-0.15, -0.1) is 0 Å². The highest BCUT2D eigenvalue weighted by molar-refractivity contribution is 6.33. The molecular weight excluding hydrogens is 448 g/mol. The maximum atomic E-state index is 14.4. The molecule has 1 heterocycles. The Bertz CT molecular complexity index is 1500. The maximum absolute atomic E-state index is 14.4. The van der Waals surface area contributed by atoms with Gasteiger partial charge < -0.3 is 10.6 Å². The lowest BCUT2D eigenvalue weighted by Gasteiger charge is -2.32. The van der Waals surface area contributed by atoms with Crippen LogP contribution >= 0.6 is 0 Å². The van der Waals surface area contributed by atoms with E-state index < -0.39 is 5.66 Å². The van der Waals surface area contributed by atoms with E-state index in [9.17, 15) is 9.59 Å². The van der Waals surface area contributed by atoms with Crippen LogP contribution in [0, 0.1) is 20.8 Å². The number of benzene rings is 4. The van der Waals surface area contributed by atoms with Crippen LogP contribution in [0.2, 0.25) is 0 Å². The van der Waals surface area contributed by atoms with Gasteiger partial charge in [-0.3, -0.25) is 9.59 Å². The minimum atomic E-state index is -1.61. The van der Waals surface area contributed by atoms with E-state index in [1.54, 1.807) is 0 Å². The largest absolute Gasteiger partial charge is 0.350 e. The summed E-state index contributed by atoms with van der Waals surface area (Å²) in [5, 5.41) is 14.6. The normalized spacial score (nSPS) is 17.3. The predicted molar refractivity (Wildman–Crippen MR) is 145 cm³/mol. The lowest BCUT2D eigenvalue weighted by molar-refractivity contribution is -0.127. The average molecular weight is 477 g/mol. The van der Waals surface area contributed by atoms with E-state index in [1.165, 1.54) is 11.9 Å². The van der Waals surface area contributed by atoms with Gasteiger partial charge in [-0.05, 0) is 54.8 Å². The Balaban J connectivity index is 1.80. The lowest BCUT2D eigenvalue weighted by atomic mass is 9.91. The molecule has 2 N–H and O–H groups in total. The molecule has 0 bridgehead atoms. The lowest BCUT2D eigenvalue weighted by Crippen LogP contribution is -2.64. The quantitative estimate of drug-likeness (QED) is 0.376. The highest BCUT2D eigenvalue weighted by Gasteiger charge is 2.54. The van der Waals surface area contributed by atoms with Gasteiger partial charge in [0.15, 0.2) is 0 Å². The van der Waals surface area contributed by atoms with Crippen LogP contribution in [0.3, 0.4) is 0 Å². The summed E-state index contributed by atoms with van der Waals surface area (Å²) in [5.41, 5.74) is 3.96. The molecule has 0 aromatic heterocycles. The van der Waals surface area contributed by atoms with E-state index in [0.29, 0.717) is 17.1 Å². The number of carbonyl (C=O) groups excluding carboxylic acids is 2. The fourth-order valence-electron chi connectivity index (χ4n) is 5.08. The maximum Gasteiger partial charge on any atom is 0.300 e. The van der Waals surface area contributed by atoms with Crippen LogP contribution < -0.4 is 15.6 Å². The Labute approximate surface area is 210 Å². The number of carbonyl (C=O) groups is 2. The zero-order chi connectivity index (χ0) is 25.4. The number of rotatable bonds is 5. The molecule has 0 saturated carbocycles. The van der Waals surface area contributed by atoms with Crippen molar-refractivity contribution < 1.29 is 9.59 Å². The van der Waals surface area contributed by atoms with Crippen molar-refractivity contribution in [3.05, 3.63) is 107 Å². The van der Waals surface area contributed by atoms with Crippen molar-refractivity contribution in [3.8, 4) is 0 Å². The van der Waals surface area contributed by atoms with Crippen LogP contribution in [-0.4, -0.2) is 23.2 Å². The van der Waals surface area contributed by atoms with E-state index in [2.05, 4.69) is 10.6 Å². The molecule has 1 aliphatic heterocycles. The third-order valence-corrected chi connectivity index (χ3v) is 6.43. The molecule has 1 unspecified atom stereocenters. The molecule has 0 spiro atoms. The summed E-state index contributed by atoms with van der Waals surface area (Å²) in [6, 6.07) is 27.3. The highest BCUT2D eigenvalue weighted by atomic mass is 16.2. The summed E-state index contributed by atoms with van der Waals surface area (Å²) in [5.74, 6) is -0.724. The SMILES string of the molecule is CC(=O)NC1(Nc2ccccc2)C(=O)N(c2c(C)cc(C)cc2C)N=C1c1cccc2ccccc12. The fraction of sp³-hybridized carbons (Fsp3) is 0.167. The van der Waals surface area contributed by atoms with E-state index in [0.717, 1.165) is 33.0 Å². The van der Waals surface area contributed by atoms with Gasteiger partial charge in [0, 0.05) is 18.2 Å². The molecule has 5 rings (SSSR count). The van der Waals surface area contributed by atoms with Crippen molar-refractivity contribution in [2.75, 3.05) is 10.3 Å². The van der Waals surface area contributed by atoms with Gasteiger partial charge in [0.05, 0.1) is 5.69 Å². The second kappa shape index (κ2) is 8.96. The number of hydrazone groups is 1. The molecular formula is C30H28N4O2. The number of para-hydroxylation sites is 1. The van der Waals surface area contributed by atoms with Gasteiger partial charge in [0.1, 0.15) is 5.71 Å². The first kappa shape index (κ1) is 23.3. The van der Waals surface area contributed by atoms with E-state index >= 15 is 0 Å². The van der Waals surface area contributed by atoms with Crippen molar-refractivity contribution in [3.63, 3.8) is 0 Å². The van der Waals surface area contributed by atoms with Gasteiger partial charge >= 0.3 is 5.91 Å². The summed E-state index contributed by atoms with van der Waals surface area (Å²) in [7, 11) is 0. The Kier molecular flexibility index (Phi) is 5.80. The first-order valence-electron chi connectivity index (χ1n) is 11.9. The second-order valence-electron chi connectivity index (χ2n) is 9.26. The fourth-order valence-corrected chi connectivity index (χ4v) is 5.08. The van der Waals surface area contributed by atoms with Gasteiger partial charge in [0.2, 0.25) is 11.6 Å². The van der Waals surface area contributed by atoms with Crippen LogP contribution in [0.5, 0.6) is 0 Å². The summed E-state index contributed by atoms with van der Waals surface area (Å²) < 4.78 is 0. The summed E-state index contributed by atoms with van der Waals surface area (Å²) in [6.45, 7) is 7.38. The molecule has 180 valence electrons. The van der Waals surface area contributed by atoms with Crippen molar-refractivity contribution in [2.45, 2.75) is 33.4 Å². The topological polar surface area (TPSA) is 73.8 Å². The molecule has 6 nitrogen and oxygen atoms in total. The van der Waals surface area contributed by atoms with E-state index in [4.69, 9.17) is 5.10 Å². The summed E-state index contributed by atoms with van der Waals surface area (Å²) in [4.78, 5) is 27.0. The second-order valence-corrected chi connectivity index (χ2v) is 9.26. The van der Waals surface area contributed by atoms with Crippen molar-refractivity contribution >= 4 is 39.7 Å². The molecule has 36 heavy (non-hydrogen) atoms. The molecule has 4 aromatic carbocycles. The van der Waals surface area contributed by atoms with E-state index in [1.807, 2.05) is 106 Å². The van der Waals surface area contributed by atoms with Crippen LogP contribution in [0.4, 0.5) is 11.4 Å². The molecule has 6 heteroatoms. The Morgan fingerprint density at radius 3 is 2.19 bits per heavy atom. The van der Waals surface area contributed by atoms with Crippen LogP contribution in [0.25, 0.3) is 10.8 Å². The van der Waals surface area contributed by atoms with Gasteiger partial charge in [0.25, 0.3) is 0 Å². The molecule has 0 radical (unpaired) electrons. The Morgan fingerprint density at radius 2 is 1.50 bits per heavy atom. The molecule has 0 aliphatic carbocycles. The number of nitrogens with one attached hydrogen (secondary N) is 2. The van der Waals surface area contributed by atoms with Gasteiger partial charge in [-0.25, -0.2) is 0 Å². The standard InChI is InChI=1S/C30H28N4O2/c1-19-17-20(2)27(21(3)18-19)34-29(36)30(31-22(4)35,32-24-13-6-5-7-14-24)28(33-34)26-16-10-12-23-11-8-9-15-25(23)26/h5-18,32H,1-4H3,(H,31,35). The number of aryl methyl sites for hydroxylation is 3. The van der Waals surface area contributed by atoms with Crippen molar-refractivity contribution in [1.82, 2.24) is 5.32 Å². The smallest absolute Gasteiger partial charge is 0.300 e. The molecule has 1 atom stereocenters. The Hall–Kier alpha value is -4.45. The number of hydrogen-bond acceptors (Lipinski definition) is 4. The first-order chi connectivity index (χ1) is 17.3. The molecule has 4 aromatic rings. The van der Waals surface area contributed by atoms with Gasteiger partial charge in [-0.1, -0.05) is 78.4 Å². The van der Waals surface area contributed by atoms with Gasteiger partial charge in [-0.2, -0.15) is 10.1 Å². The summed E-state index contributed by atoms with van der Waals surface area (Å²) >= 11 is 0. The molecule has 2 amide bonds. The molecule has 1 aliphatic rings. The van der Waals surface area contributed by atoms with E-state index in [-0.39, 0.29) is 11.8 Å². The predicted octanol–water partition coefficient (Wildman–Crippen LogP) is 5.46. The Morgan fingerprint density at radius 1 is 0.861 bits per heavy atom. The van der Waals surface area contributed by atoms with Crippen LogP contribution in [-0.2, 0) is 9.59 Å². The van der Waals surface area contributed by atoms with Crippen LogP contribution in [0.1, 0.15) is 29.2 Å². The number of fused-ring (bicyclic) bond motifs is 1. The highest BCUT2D eigenvalue weighted by Crippen LogP contribution is 2.36. The van der Waals surface area contributed by atoms with Crippen LogP contribution in [0.15, 0.2) is 90.0 Å². The summed E-state index contributed by atoms with van der Waals surface area (Å²) in [6.07, 6.45) is 0. The monoisotopic (exact) mass is 476 g/mol. The zero-order valence-corrected chi connectivity index (χ0v) is 20.8. The average Bonchev–Trinajstić information content (AvgIpc) is 3.09. The first-order valence-corrected chi connectivity index (χ1v) is 11.9. The van der Waals surface area contributed by atoms with Crippen molar-refractivity contribution in [2.24, 2.45) is 5.10 Å². The zero-order valence-electron chi connectivity index (χ0n) is 20.8. The number of hydrogen-bond donors (Lipinski definition) is 2. The minimum Gasteiger partial charge on any atom is -0.350 e.